The fourth-order valence-electron chi connectivity index (χ4n) is 4.29. The van der Waals surface area contributed by atoms with Crippen molar-refractivity contribution in [2.24, 2.45) is 5.92 Å². The Balaban J connectivity index is 1.42. The van der Waals surface area contributed by atoms with Gasteiger partial charge in [0.1, 0.15) is 11.3 Å². The number of nitrogens with zero attached hydrogens (tertiary/aromatic N) is 3. The monoisotopic (exact) mass is 469 g/mol. The Hall–Kier alpha value is -3.66. The number of piperidine rings is 1. The summed E-state index contributed by atoms with van der Waals surface area (Å²) < 4.78 is 40.0. The van der Waals surface area contributed by atoms with Gasteiger partial charge in [0.15, 0.2) is 11.6 Å². The lowest BCUT2D eigenvalue weighted by Crippen LogP contribution is -2.42. The normalized spacial score (nSPS) is 19.0. The molecule has 0 amide bonds. The molecule has 1 saturated heterocycles. The van der Waals surface area contributed by atoms with E-state index in [1.54, 1.807) is 6.20 Å². The van der Waals surface area contributed by atoms with Crippen LogP contribution in [0.4, 0.5) is 19.0 Å². The highest BCUT2D eigenvalue weighted by Gasteiger charge is 2.35. The number of anilines is 1. The molecule has 3 aromatic heterocycles. The van der Waals surface area contributed by atoms with Gasteiger partial charge in [-0.05, 0) is 24.5 Å². The number of pyridine rings is 1. The first kappa shape index (κ1) is 22.1. The van der Waals surface area contributed by atoms with E-state index >= 15 is 0 Å². The molecule has 0 aliphatic carbocycles. The number of fused-ring (bicyclic) bond motifs is 1. The summed E-state index contributed by atoms with van der Waals surface area (Å²) in [5.74, 6) is 0.630. The molecule has 34 heavy (non-hydrogen) atoms. The van der Waals surface area contributed by atoms with Crippen molar-refractivity contribution in [3.05, 3.63) is 65.5 Å². The number of carbonyl (C=O) groups excluding carboxylic acids is 1. The second-order valence-corrected chi connectivity index (χ2v) is 8.60. The molecular formula is C24H22F3N5O2. The number of ketones is 1. The topological polar surface area (TPSA) is 97.9 Å². The van der Waals surface area contributed by atoms with Gasteiger partial charge in [0.25, 0.3) is 0 Å². The van der Waals surface area contributed by atoms with Crippen LogP contribution in [0.25, 0.3) is 22.6 Å². The first-order chi connectivity index (χ1) is 16.2. The van der Waals surface area contributed by atoms with Gasteiger partial charge in [-0.1, -0.05) is 25.1 Å². The number of benzene rings is 1. The van der Waals surface area contributed by atoms with E-state index in [4.69, 9.17) is 0 Å². The van der Waals surface area contributed by atoms with Gasteiger partial charge in [0, 0.05) is 36.5 Å². The lowest BCUT2D eigenvalue weighted by atomic mass is 9.97. The molecule has 2 atom stereocenters. The largest absolute Gasteiger partial charge is 0.417 e. The van der Waals surface area contributed by atoms with Crippen molar-refractivity contribution >= 4 is 22.6 Å². The first-order valence-corrected chi connectivity index (χ1v) is 10.9. The van der Waals surface area contributed by atoms with E-state index in [0.29, 0.717) is 36.5 Å². The maximum atomic E-state index is 13.3. The summed E-state index contributed by atoms with van der Waals surface area (Å²) in [4.78, 5) is 30.0. The zero-order valence-corrected chi connectivity index (χ0v) is 18.2. The summed E-state index contributed by atoms with van der Waals surface area (Å²) in [5, 5.41) is 9.97. The average molecular weight is 469 g/mol. The molecule has 0 bridgehead atoms. The van der Waals surface area contributed by atoms with E-state index < -0.39 is 23.1 Å². The van der Waals surface area contributed by atoms with E-state index in [0.717, 1.165) is 17.4 Å². The number of alkyl halides is 3. The summed E-state index contributed by atoms with van der Waals surface area (Å²) in [6.07, 6.45) is -1.24. The van der Waals surface area contributed by atoms with Crippen molar-refractivity contribution in [2.75, 3.05) is 18.0 Å². The van der Waals surface area contributed by atoms with Gasteiger partial charge in [-0.2, -0.15) is 13.2 Å². The van der Waals surface area contributed by atoms with Crippen molar-refractivity contribution in [2.45, 2.75) is 25.6 Å². The maximum absolute atomic E-state index is 13.3. The summed E-state index contributed by atoms with van der Waals surface area (Å²) >= 11 is 0. The molecule has 5 rings (SSSR count). The van der Waals surface area contributed by atoms with Crippen molar-refractivity contribution in [3.8, 4) is 11.5 Å². The number of aromatic amines is 2. The Bertz CT molecular complexity index is 1360. The SMILES string of the molecule is C[C@@H]1CN(c2cc3[nH]c(-c4cc(C(=O)c5ccccc5C(F)(F)F)c[nH]4)nc3cn2)CC[C@@H]1O. The molecule has 10 heteroatoms. The number of halogens is 3. The van der Waals surface area contributed by atoms with Crippen LogP contribution in [0.5, 0.6) is 0 Å². The van der Waals surface area contributed by atoms with E-state index in [-0.39, 0.29) is 17.6 Å². The maximum Gasteiger partial charge on any atom is 0.417 e. The van der Waals surface area contributed by atoms with Crippen LogP contribution in [0.3, 0.4) is 0 Å². The first-order valence-electron chi connectivity index (χ1n) is 10.9. The van der Waals surface area contributed by atoms with Crippen LogP contribution in [0.1, 0.15) is 34.8 Å². The van der Waals surface area contributed by atoms with Crippen LogP contribution >= 0.6 is 0 Å². The number of nitrogens with one attached hydrogen (secondary N) is 2. The van der Waals surface area contributed by atoms with E-state index in [1.165, 1.54) is 30.5 Å². The Morgan fingerprint density at radius 1 is 1.24 bits per heavy atom. The molecule has 4 heterocycles. The molecule has 0 saturated carbocycles. The number of rotatable bonds is 4. The zero-order valence-electron chi connectivity index (χ0n) is 18.2. The highest BCUT2D eigenvalue weighted by molar-refractivity contribution is 6.10. The molecule has 0 radical (unpaired) electrons. The Kier molecular flexibility index (Phi) is 5.40. The highest BCUT2D eigenvalue weighted by atomic mass is 19.4. The number of aliphatic hydroxyl groups is 1. The lowest BCUT2D eigenvalue weighted by molar-refractivity contribution is -0.137. The molecule has 0 unspecified atom stereocenters. The zero-order chi connectivity index (χ0) is 24.0. The molecule has 3 N–H and O–H groups in total. The minimum absolute atomic E-state index is 0.104. The van der Waals surface area contributed by atoms with Crippen LogP contribution in [0.2, 0.25) is 0 Å². The van der Waals surface area contributed by atoms with Crippen LogP contribution in [0, 0.1) is 5.92 Å². The van der Waals surface area contributed by atoms with E-state index in [1.807, 2.05) is 13.0 Å². The third-order valence-corrected chi connectivity index (χ3v) is 6.22. The number of aromatic nitrogens is 4. The van der Waals surface area contributed by atoms with Gasteiger partial charge in [-0.3, -0.25) is 4.79 Å². The summed E-state index contributed by atoms with van der Waals surface area (Å²) in [6, 6.07) is 8.09. The van der Waals surface area contributed by atoms with Crippen molar-refractivity contribution < 1.29 is 23.1 Å². The lowest BCUT2D eigenvalue weighted by Gasteiger charge is -2.35. The van der Waals surface area contributed by atoms with Crippen molar-refractivity contribution in [1.82, 2.24) is 19.9 Å². The predicted octanol–water partition coefficient (Wildman–Crippen LogP) is 4.41. The molecule has 176 valence electrons. The number of hydrogen-bond acceptors (Lipinski definition) is 5. The molecular weight excluding hydrogens is 447 g/mol. The Morgan fingerprint density at radius 3 is 2.79 bits per heavy atom. The minimum atomic E-state index is -4.63. The number of imidazole rings is 1. The Labute approximate surface area is 192 Å². The van der Waals surface area contributed by atoms with Crippen molar-refractivity contribution in [3.63, 3.8) is 0 Å². The molecule has 4 aromatic rings. The average Bonchev–Trinajstić information content (AvgIpc) is 3.46. The van der Waals surface area contributed by atoms with Gasteiger partial charge in [0.2, 0.25) is 0 Å². The molecule has 0 spiro atoms. The van der Waals surface area contributed by atoms with Gasteiger partial charge < -0.3 is 20.0 Å². The van der Waals surface area contributed by atoms with E-state index in [2.05, 4.69) is 24.8 Å². The molecule has 1 aliphatic rings. The van der Waals surface area contributed by atoms with Gasteiger partial charge in [0.05, 0.1) is 29.1 Å². The van der Waals surface area contributed by atoms with Crippen LogP contribution < -0.4 is 4.90 Å². The summed E-state index contributed by atoms with van der Waals surface area (Å²) in [7, 11) is 0. The quantitative estimate of drug-likeness (QED) is 0.385. The molecule has 1 aromatic carbocycles. The fourth-order valence-corrected chi connectivity index (χ4v) is 4.29. The number of aliphatic hydroxyl groups excluding tert-OH is 1. The number of hydrogen-bond donors (Lipinski definition) is 3. The van der Waals surface area contributed by atoms with Crippen LogP contribution in [-0.2, 0) is 6.18 Å². The fraction of sp³-hybridized carbons (Fsp3) is 0.292. The Morgan fingerprint density at radius 2 is 2.03 bits per heavy atom. The highest BCUT2D eigenvalue weighted by Crippen LogP contribution is 2.33. The number of H-pyrrole nitrogens is 2. The van der Waals surface area contributed by atoms with Crippen LogP contribution in [0.15, 0.2) is 48.8 Å². The summed E-state index contributed by atoms with van der Waals surface area (Å²) in [6.45, 7) is 3.40. The van der Waals surface area contributed by atoms with Gasteiger partial charge in [-0.25, -0.2) is 9.97 Å². The second-order valence-electron chi connectivity index (χ2n) is 8.60. The minimum Gasteiger partial charge on any atom is -0.393 e. The summed E-state index contributed by atoms with van der Waals surface area (Å²) in [5.41, 5.74) is 0.564. The molecule has 7 nitrogen and oxygen atoms in total. The number of carbonyl (C=O) groups is 1. The predicted molar refractivity (Wildman–Crippen MR) is 121 cm³/mol. The van der Waals surface area contributed by atoms with E-state index in [9.17, 15) is 23.1 Å². The molecule has 1 fully saturated rings. The smallest absolute Gasteiger partial charge is 0.393 e. The second kappa shape index (κ2) is 8.28. The third kappa shape index (κ3) is 4.05. The van der Waals surface area contributed by atoms with Gasteiger partial charge in [-0.15, -0.1) is 0 Å². The van der Waals surface area contributed by atoms with Crippen LogP contribution in [-0.4, -0.2) is 50.0 Å². The molecule has 1 aliphatic heterocycles. The van der Waals surface area contributed by atoms with Crippen molar-refractivity contribution in [1.29, 1.82) is 0 Å². The third-order valence-electron chi connectivity index (χ3n) is 6.22. The standard InChI is InChI=1S/C24H22F3N5O2/c1-13-12-32(7-6-20(13)33)21-9-17-19(11-29-21)31-23(30-17)18-8-14(10-28-18)22(34)15-4-2-3-5-16(15)24(25,26)27/h2-5,8-11,13,20,28,33H,6-7,12H2,1H3,(H,30,31)/t13-,20+/m1/s1. The van der Waals surface area contributed by atoms with Gasteiger partial charge >= 0.3 is 6.18 Å².